The lowest BCUT2D eigenvalue weighted by Crippen LogP contribution is -1.83. The van der Waals surface area contributed by atoms with E-state index in [9.17, 15) is 0 Å². The summed E-state index contributed by atoms with van der Waals surface area (Å²) in [4.78, 5) is 0. The highest BCUT2D eigenvalue weighted by Crippen LogP contribution is 2.42. The van der Waals surface area contributed by atoms with E-state index in [0.717, 1.165) is 22.6 Å². The zero-order valence-electron chi connectivity index (χ0n) is 13.6. The Bertz CT molecular complexity index is 936. The summed E-state index contributed by atoms with van der Waals surface area (Å²) in [6.45, 7) is 2.14. The van der Waals surface area contributed by atoms with Crippen LogP contribution in [0.15, 0.2) is 95.4 Å². The molecule has 0 aliphatic heterocycles. The highest BCUT2D eigenvalue weighted by Gasteiger charge is 2.20. The Morgan fingerprint density at radius 3 is 1.42 bits per heavy atom. The lowest BCUT2D eigenvalue weighted by molar-refractivity contribution is 0.596. The van der Waals surface area contributed by atoms with Crippen molar-refractivity contribution in [1.29, 1.82) is 0 Å². The van der Waals surface area contributed by atoms with Crippen molar-refractivity contribution in [3.05, 3.63) is 96.6 Å². The molecule has 0 amide bonds. The van der Waals surface area contributed by atoms with E-state index in [0.29, 0.717) is 0 Å². The molecule has 0 saturated heterocycles. The van der Waals surface area contributed by atoms with Gasteiger partial charge in [0, 0.05) is 22.3 Å². The van der Waals surface area contributed by atoms with Gasteiger partial charge in [0.1, 0.15) is 11.5 Å². The van der Waals surface area contributed by atoms with E-state index in [1.54, 1.807) is 0 Å². The van der Waals surface area contributed by atoms with Crippen LogP contribution >= 0.6 is 0 Å². The van der Waals surface area contributed by atoms with Crippen molar-refractivity contribution < 1.29 is 4.42 Å². The highest BCUT2D eigenvalue weighted by atomic mass is 16.3. The van der Waals surface area contributed by atoms with Crippen LogP contribution in [0.25, 0.3) is 33.8 Å². The van der Waals surface area contributed by atoms with Crippen LogP contribution in [-0.2, 0) is 0 Å². The summed E-state index contributed by atoms with van der Waals surface area (Å²) in [6.07, 6.45) is 0. The maximum atomic E-state index is 6.37. The Balaban J connectivity index is 1.99. The van der Waals surface area contributed by atoms with Gasteiger partial charge in [-0.25, -0.2) is 0 Å². The van der Waals surface area contributed by atoms with Gasteiger partial charge in [-0.05, 0) is 12.5 Å². The normalized spacial score (nSPS) is 10.7. The molecule has 116 valence electrons. The molecule has 0 radical (unpaired) electrons. The Hall–Kier alpha value is -3.06. The van der Waals surface area contributed by atoms with Crippen molar-refractivity contribution in [2.45, 2.75) is 6.92 Å². The van der Waals surface area contributed by atoms with E-state index < -0.39 is 0 Å². The second-order valence-electron chi connectivity index (χ2n) is 5.86. The van der Waals surface area contributed by atoms with Crippen LogP contribution < -0.4 is 0 Å². The molecule has 0 aliphatic rings. The fraction of sp³-hybridized carbons (Fsp3) is 0.0435. The Kier molecular flexibility index (Phi) is 3.76. The number of hydrogen-bond acceptors (Lipinski definition) is 1. The van der Waals surface area contributed by atoms with Crippen LogP contribution in [0.4, 0.5) is 0 Å². The van der Waals surface area contributed by atoms with E-state index in [2.05, 4.69) is 55.5 Å². The SMILES string of the molecule is Cc1c(-c2ccccc2)oc(-c2ccccc2)c1-c1ccccc1. The van der Waals surface area contributed by atoms with Crippen LogP contribution in [0.1, 0.15) is 5.56 Å². The molecule has 0 N–H and O–H groups in total. The first-order valence-electron chi connectivity index (χ1n) is 8.14. The molecule has 24 heavy (non-hydrogen) atoms. The van der Waals surface area contributed by atoms with Gasteiger partial charge in [0.25, 0.3) is 0 Å². The number of benzene rings is 3. The Labute approximate surface area is 142 Å². The second kappa shape index (κ2) is 6.21. The van der Waals surface area contributed by atoms with E-state index in [4.69, 9.17) is 4.42 Å². The Morgan fingerprint density at radius 1 is 0.500 bits per heavy atom. The van der Waals surface area contributed by atoms with Gasteiger partial charge < -0.3 is 4.42 Å². The zero-order valence-corrected chi connectivity index (χ0v) is 13.6. The van der Waals surface area contributed by atoms with Crippen molar-refractivity contribution in [3.63, 3.8) is 0 Å². The van der Waals surface area contributed by atoms with Gasteiger partial charge in [-0.3, -0.25) is 0 Å². The maximum absolute atomic E-state index is 6.37. The highest BCUT2D eigenvalue weighted by molar-refractivity contribution is 5.87. The van der Waals surface area contributed by atoms with Gasteiger partial charge in [-0.1, -0.05) is 91.0 Å². The molecule has 4 aromatic rings. The monoisotopic (exact) mass is 310 g/mol. The quantitative estimate of drug-likeness (QED) is 0.416. The van der Waals surface area contributed by atoms with E-state index in [1.807, 2.05) is 42.5 Å². The van der Waals surface area contributed by atoms with Crippen molar-refractivity contribution in [2.75, 3.05) is 0 Å². The third-order valence-corrected chi connectivity index (χ3v) is 4.28. The van der Waals surface area contributed by atoms with Crippen molar-refractivity contribution in [2.24, 2.45) is 0 Å². The molecule has 0 bridgehead atoms. The number of furan rings is 1. The van der Waals surface area contributed by atoms with Gasteiger partial charge in [0.05, 0.1) is 0 Å². The second-order valence-corrected chi connectivity index (χ2v) is 5.86. The predicted molar refractivity (Wildman–Crippen MR) is 99.8 cm³/mol. The van der Waals surface area contributed by atoms with Crippen LogP contribution in [0.2, 0.25) is 0 Å². The number of rotatable bonds is 3. The maximum Gasteiger partial charge on any atom is 0.142 e. The average Bonchev–Trinajstić information content (AvgIpc) is 3.01. The fourth-order valence-electron chi connectivity index (χ4n) is 3.12. The van der Waals surface area contributed by atoms with Gasteiger partial charge in [-0.15, -0.1) is 0 Å². The van der Waals surface area contributed by atoms with Crippen LogP contribution in [0, 0.1) is 6.92 Å². The van der Waals surface area contributed by atoms with E-state index >= 15 is 0 Å². The molecular weight excluding hydrogens is 292 g/mol. The molecule has 1 nitrogen and oxygen atoms in total. The van der Waals surface area contributed by atoms with E-state index in [-0.39, 0.29) is 0 Å². The van der Waals surface area contributed by atoms with Crippen LogP contribution in [0.5, 0.6) is 0 Å². The summed E-state index contributed by atoms with van der Waals surface area (Å²) in [6, 6.07) is 31.1. The van der Waals surface area contributed by atoms with Crippen LogP contribution in [0.3, 0.4) is 0 Å². The minimum atomic E-state index is 0.929. The first-order chi connectivity index (χ1) is 11.8. The Morgan fingerprint density at radius 2 is 0.917 bits per heavy atom. The van der Waals surface area contributed by atoms with Gasteiger partial charge in [0.15, 0.2) is 0 Å². The standard InChI is InChI=1S/C23H18O/c1-17-21(18-11-5-2-6-12-18)23(20-15-9-4-10-16-20)24-22(17)19-13-7-3-8-14-19/h2-16H,1H3. The summed E-state index contributed by atoms with van der Waals surface area (Å²) >= 11 is 0. The largest absolute Gasteiger partial charge is 0.455 e. The molecule has 0 saturated carbocycles. The fourth-order valence-corrected chi connectivity index (χ4v) is 3.12. The average molecular weight is 310 g/mol. The summed E-state index contributed by atoms with van der Waals surface area (Å²) in [5.41, 5.74) is 5.72. The first-order valence-corrected chi connectivity index (χ1v) is 8.14. The summed E-state index contributed by atoms with van der Waals surface area (Å²) in [5.74, 6) is 1.87. The molecule has 1 aromatic heterocycles. The smallest absolute Gasteiger partial charge is 0.142 e. The molecule has 0 fully saturated rings. The molecular formula is C23H18O. The van der Waals surface area contributed by atoms with Gasteiger partial charge >= 0.3 is 0 Å². The van der Waals surface area contributed by atoms with Crippen LogP contribution in [-0.4, -0.2) is 0 Å². The lowest BCUT2D eigenvalue weighted by Gasteiger charge is -2.04. The van der Waals surface area contributed by atoms with Crippen molar-refractivity contribution >= 4 is 0 Å². The molecule has 0 spiro atoms. The molecule has 1 heterocycles. The minimum absolute atomic E-state index is 0.929. The van der Waals surface area contributed by atoms with Crippen molar-refractivity contribution in [1.82, 2.24) is 0 Å². The molecule has 0 atom stereocenters. The summed E-state index contributed by atoms with van der Waals surface area (Å²) < 4.78 is 6.37. The molecule has 0 unspecified atom stereocenters. The molecule has 3 aromatic carbocycles. The van der Waals surface area contributed by atoms with Gasteiger partial charge in [-0.2, -0.15) is 0 Å². The molecule has 4 rings (SSSR count). The summed E-state index contributed by atoms with van der Waals surface area (Å²) in [7, 11) is 0. The molecule has 0 aliphatic carbocycles. The first kappa shape index (κ1) is 14.5. The number of hydrogen-bond donors (Lipinski definition) is 0. The third kappa shape index (κ3) is 2.55. The van der Waals surface area contributed by atoms with Crippen molar-refractivity contribution in [3.8, 4) is 33.8 Å². The third-order valence-electron chi connectivity index (χ3n) is 4.28. The van der Waals surface area contributed by atoms with Gasteiger partial charge in [0.2, 0.25) is 0 Å². The summed E-state index contributed by atoms with van der Waals surface area (Å²) in [5, 5.41) is 0. The zero-order chi connectivity index (χ0) is 16.4. The predicted octanol–water partition coefficient (Wildman–Crippen LogP) is 6.59. The topological polar surface area (TPSA) is 13.1 Å². The lowest BCUT2D eigenvalue weighted by atomic mass is 9.96. The van der Waals surface area contributed by atoms with E-state index in [1.165, 1.54) is 16.7 Å². The molecule has 1 heteroatoms. The minimum Gasteiger partial charge on any atom is -0.455 e.